The molecule has 1 aliphatic carbocycles. The number of hydrogen-bond donors (Lipinski definition) is 1. The third-order valence-electron chi connectivity index (χ3n) is 3.60. The summed E-state index contributed by atoms with van der Waals surface area (Å²) in [6.07, 6.45) is 1.48. The van der Waals surface area contributed by atoms with Crippen LogP contribution in [-0.4, -0.2) is 31.8 Å². The normalized spacial score (nSPS) is 24.8. The number of carbonyl (C=O) groups excluding carboxylic acids is 1. The molecule has 1 aliphatic heterocycles. The van der Waals surface area contributed by atoms with Gasteiger partial charge in [-0.2, -0.15) is 0 Å². The topological polar surface area (TPSA) is 47.6 Å². The van der Waals surface area contributed by atoms with Crippen molar-refractivity contribution in [3.63, 3.8) is 0 Å². The summed E-state index contributed by atoms with van der Waals surface area (Å²) in [7, 11) is 0. The summed E-state index contributed by atoms with van der Waals surface area (Å²) in [6, 6.07) is 8.09. The Kier molecular flexibility index (Phi) is 3.60. The van der Waals surface area contributed by atoms with E-state index >= 15 is 0 Å². The maximum Gasteiger partial charge on any atom is 0.252 e. The summed E-state index contributed by atoms with van der Waals surface area (Å²) in [6.45, 7) is 1.41. The fraction of sp³-hybridized carbons (Fsp3) is 0.500. The lowest BCUT2D eigenvalue weighted by molar-refractivity contribution is -0.148. The summed E-state index contributed by atoms with van der Waals surface area (Å²) in [4.78, 5) is 12.2. The highest BCUT2D eigenvalue weighted by molar-refractivity contribution is 9.10. The zero-order valence-electron chi connectivity index (χ0n) is 10.5. The molecular weight excluding hydrogens is 310 g/mol. The first kappa shape index (κ1) is 13.1. The van der Waals surface area contributed by atoms with E-state index in [0.29, 0.717) is 19.8 Å². The smallest absolute Gasteiger partial charge is 0.252 e. The van der Waals surface area contributed by atoms with Gasteiger partial charge in [-0.15, -0.1) is 0 Å². The van der Waals surface area contributed by atoms with Crippen LogP contribution in [0.4, 0.5) is 0 Å². The highest BCUT2D eigenvalue weighted by Gasteiger charge is 2.46. The molecule has 0 aromatic heterocycles. The van der Waals surface area contributed by atoms with Crippen LogP contribution in [0.15, 0.2) is 28.7 Å². The zero-order chi connectivity index (χ0) is 13.3. The fourth-order valence-electron chi connectivity index (χ4n) is 2.35. The van der Waals surface area contributed by atoms with Crippen LogP contribution in [0.1, 0.15) is 18.4 Å². The number of ether oxygens (including phenoxy) is 2. The number of halogens is 1. The van der Waals surface area contributed by atoms with Crippen molar-refractivity contribution in [1.29, 1.82) is 0 Å². The minimum absolute atomic E-state index is 0.0721. The van der Waals surface area contributed by atoms with Crippen LogP contribution in [0.3, 0.4) is 0 Å². The molecule has 1 saturated carbocycles. The van der Waals surface area contributed by atoms with Crippen LogP contribution >= 0.6 is 15.9 Å². The van der Waals surface area contributed by atoms with Gasteiger partial charge < -0.3 is 14.8 Å². The highest BCUT2D eigenvalue weighted by atomic mass is 79.9. The second-order valence-corrected chi connectivity index (χ2v) is 5.93. The summed E-state index contributed by atoms with van der Waals surface area (Å²) in [5.41, 5.74) is 0.939. The van der Waals surface area contributed by atoms with Crippen molar-refractivity contribution in [2.24, 2.45) is 0 Å². The molecule has 3 rings (SSSR count). The lowest BCUT2D eigenvalue weighted by atomic mass is 10.0. The summed E-state index contributed by atoms with van der Waals surface area (Å²) in [5.74, 6) is -0.0721. The van der Waals surface area contributed by atoms with Gasteiger partial charge in [0.1, 0.15) is 0 Å². The van der Waals surface area contributed by atoms with E-state index < -0.39 is 6.10 Å². The molecule has 1 saturated heterocycles. The van der Waals surface area contributed by atoms with E-state index in [2.05, 4.69) is 33.4 Å². The minimum atomic E-state index is -0.474. The molecular formula is C14H16BrNO3. The number of hydrogen-bond acceptors (Lipinski definition) is 3. The van der Waals surface area contributed by atoms with Crippen molar-refractivity contribution in [2.75, 3.05) is 19.8 Å². The SMILES string of the molecule is O=C(NC1(c2cccc(Br)c2)CC1)C1COCCO1. The van der Waals surface area contributed by atoms with Gasteiger partial charge in [0.05, 0.1) is 25.4 Å². The van der Waals surface area contributed by atoms with Crippen molar-refractivity contribution in [2.45, 2.75) is 24.5 Å². The first-order chi connectivity index (χ1) is 9.20. The Hall–Kier alpha value is -0.910. The predicted molar refractivity (Wildman–Crippen MR) is 73.8 cm³/mol. The van der Waals surface area contributed by atoms with E-state index in [9.17, 15) is 4.79 Å². The van der Waals surface area contributed by atoms with Crippen molar-refractivity contribution >= 4 is 21.8 Å². The van der Waals surface area contributed by atoms with E-state index in [-0.39, 0.29) is 11.4 Å². The molecule has 5 heteroatoms. The Morgan fingerprint density at radius 1 is 1.37 bits per heavy atom. The van der Waals surface area contributed by atoms with Gasteiger partial charge >= 0.3 is 0 Å². The predicted octanol–water partition coefficient (Wildman–Crippen LogP) is 1.97. The lowest BCUT2D eigenvalue weighted by Crippen LogP contribution is -2.46. The Bertz CT molecular complexity index is 481. The Balaban J connectivity index is 1.70. The average molecular weight is 326 g/mol. The Morgan fingerprint density at radius 2 is 2.21 bits per heavy atom. The van der Waals surface area contributed by atoms with Crippen LogP contribution in [-0.2, 0) is 19.8 Å². The van der Waals surface area contributed by atoms with Crippen molar-refractivity contribution < 1.29 is 14.3 Å². The lowest BCUT2D eigenvalue weighted by Gasteiger charge is -2.25. The van der Waals surface area contributed by atoms with E-state index in [0.717, 1.165) is 22.9 Å². The quantitative estimate of drug-likeness (QED) is 0.924. The van der Waals surface area contributed by atoms with Crippen molar-refractivity contribution in [3.8, 4) is 0 Å². The minimum Gasteiger partial charge on any atom is -0.376 e. The standard InChI is InChI=1S/C14H16BrNO3/c15-11-3-1-2-10(8-11)14(4-5-14)16-13(17)12-9-18-6-7-19-12/h1-3,8,12H,4-7,9H2,(H,16,17). The molecule has 1 aromatic rings. The molecule has 2 fully saturated rings. The second-order valence-electron chi connectivity index (χ2n) is 5.02. The molecule has 4 nitrogen and oxygen atoms in total. The summed E-state index contributed by atoms with van der Waals surface area (Å²) < 4.78 is 11.7. The zero-order valence-corrected chi connectivity index (χ0v) is 12.1. The maximum absolute atomic E-state index is 12.2. The van der Waals surface area contributed by atoms with Gasteiger partial charge in [0, 0.05) is 4.47 Å². The van der Waals surface area contributed by atoms with Crippen LogP contribution in [0, 0.1) is 0 Å². The molecule has 1 unspecified atom stereocenters. The number of carbonyl (C=O) groups is 1. The molecule has 2 aliphatic rings. The maximum atomic E-state index is 12.2. The molecule has 0 spiro atoms. The van der Waals surface area contributed by atoms with Crippen molar-refractivity contribution in [1.82, 2.24) is 5.32 Å². The first-order valence-corrected chi connectivity index (χ1v) is 7.26. The van der Waals surface area contributed by atoms with Gasteiger partial charge in [0.2, 0.25) is 0 Å². The van der Waals surface area contributed by atoms with Gasteiger partial charge in [-0.25, -0.2) is 0 Å². The van der Waals surface area contributed by atoms with Gasteiger partial charge in [-0.1, -0.05) is 28.1 Å². The van der Waals surface area contributed by atoms with Crippen LogP contribution in [0.2, 0.25) is 0 Å². The van der Waals surface area contributed by atoms with Crippen LogP contribution < -0.4 is 5.32 Å². The molecule has 1 amide bonds. The van der Waals surface area contributed by atoms with Crippen LogP contribution in [0.5, 0.6) is 0 Å². The molecule has 1 aromatic carbocycles. The van der Waals surface area contributed by atoms with Crippen LogP contribution in [0.25, 0.3) is 0 Å². The molecule has 1 atom stereocenters. The number of amides is 1. The Labute approximate surface area is 120 Å². The molecule has 1 heterocycles. The summed E-state index contributed by atoms with van der Waals surface area (Å²) in [5, 5.41) is 3.12. The summed E-state index contributed by atoms with van der Waals surface area (Å²) >= 11 is 3.47. The van der Waals surface area contributed by atoms with E-state index in [1.165, 1.54) is 0 Å². The van der Waals surface area contributed by atoms with E-state index in [1.54, 1.807) is 0 Å². The molecule has 102 valence electrons. The average Bonchev–Trinajstić information content (AvgIpc) is 3.21. The number of nitrogens with one attached hydrogen (secondary N) is 1. The number of rotatable bonds is 3. The largest absolute Gasteiger partial charge is 0.376 e. The third kappa shape index (κ3) is 2.83. The van der Waals surface area contributed by atoms with Gasteiger partial charge in [0.25, 0.3) is 5.91 Å². The van der Waals surface area contributed by atoms with Gasteiger partial charge in [-0.3, -0.25) is 4.79 Å². The Morgan fingerprint density at radius 3 is 2.84 bits per heavy atom. The van der Waals surface area contributed by atoms with E-state index in [4.69, 9.17) is 9.47 Å². The second kappa shape index (κ2) is 5.23. The molecule has 1 N–H and O–H groups in total. The van der Waals surface area contributed by atoms with E-state index in [1.807, 2.05) is 12.1 Å². The van der Waals surface area contributed by atoms with Crippen molar-refractivity contribution in [3.05, 3.63) is 34.3 Å². The number of benzene rings is 1. The van der Waals surface area contributed by atoms with Gasteiger partial charge in [0.15, 0.2) is 6.10 Å². The molecule has 0 bridgehead atoms. The monoisotopic (exact) mass is 325 g/mol. The highest BCUT2D eigenvalue weighted by Crippen LogP contribution is 2.46. The van der Waals surface area contributed by atoms with Gasteiger partial charge in [-0.05, 0) is 30.5 Å². The third-order valence-corrected chi connectivity index (χ3v) is 4.09. The fourth-order valence-corrected chi connectivity index (χ4v) is 2.75. The molecule has 0 radical (unpaired) electrons. The molecule has 19 heavy (non-hydrogen) atoms. The first-order valence-electron chi connectivity index (χ1n) is 6.47.